The molecular weight excluding hydrogens is 352 g/mol. The molecule has 2 N–H and O–H groups in total. The average molecular weight is 383 g/mol. The Balaban J connectivity index is 2.01. The van der Waals surface area contributed by atoms with Crippen molar-refractivity contribution in [2.45, 2.75) is 44.2 Å². The number of ether oxygens (including phenoxy) is 1. The monoisotopic (exact) mass is 382 g/mol. The highest BCUT2D eigenvalue weighted by Crippen LogP contribution is 2.15. The van der Waals surface area contributed by atoms with Gasteiger partial charge in [0, 0.05) is 26.2 Å². The summed E-state index contributed by atoms with van der Waals surface area (Å²) in [5.41, 5.74) is 0.972. The van der Waals surface area contributed by atoms with Crippen LogP contribution in [0.15, 0.2) is 34.2 Å². The zero-order valence-corrected chi connectivity index (χ0v) is 16.7. The minimum atomic E-state index is -3.40. The van der Waals surface area contributed by atoms with Gasteiger partial charge in [-0.05, 0) is 51.4 Å². The van der Waals surface area contributed by atoms with Crippen molar-refractivity contribution in [3.05, 3.63) is 29.8 Å². The maximum atomic E-state index is 11.8. The molecule has 0 amide bonds. The highest BCUT2D eigenvalue weighted by molar-refractivity contribution is 7.89. The van der Waals surface area contributed by atoms with Gasteiger partial charge in [0.05, 0.1) is 17.5 Å². The van der Waals surface area contributed by atoms with Crippen LogP contribution >= 0.6 is 0 Å². The highest BCUT2D eigenvalue weighted by Gasteiger charge is 2.21. The van der Waals surface area contributed by atoms with Crippen LogP contribution in [0.3, 0.4) is 0 Å². The molecule has 8 heteroatoms. The van der Waals surface area contributed by atoms with Crippen LogP contribution < -0.4 is 10.0 Å². The third kappa shape index (κ3) is 5.69. The molecule has 7 nitrogen and oxygen atoms in total. The van der Waals surface area contributed by atoms with E-state index in [9.17, 15) is 8.42 Å². The number of rotatable bonds is 7. The van der Waals surface area contributed by atoms with Gasteiger partial charge in [0.2, 0.25) is 10.0 Å². The number of guanidine groups is 1. The Hall–Kier alpha value is -1.64. The number of hydrogen-bond acceptors (Lipinski definition) is 4. The molecule has 0 spiro atoms. The van der Waals surface area contributed by atoms with Crippen LogP contribution in [0.1, 0.15) is 32.3 Å². The number of benzene rings is 1. The predicted octanol–water partition coefficient (Wildman–Crippen LogP) is 1.56. The van der Waals surface area contributed by atoms with Crippen LogP contribution in [0.5, 0.6) is 0 Å². The summed E-state index contributed by atoms with van der Waals surface area (Å²) in [6.07, 6.45) is 2.37. The van der Waals surface area contributed by atoms with Gasteiger partial charge in [0.25, 0.3) is 0 Å². The SMILES string of the molecule is CCNC(=NCc1ccc(S(=O)(=O)NC)cc1)N1CCC(OCC)CC1. The second kappa shape index (κ2) is 9.89. The summed E-state index contributed by atoms with van der Waals surface area (Å²) in [4.78, 5) is 7.24. The molecule has 1 heterocycles. The zero-order valence-electron chi connectivity index (χ0n) is 15.9. The van der Waals surface area contributed by atoms with Crippen molar-refractivity contribution >= 4 is 16.0 Å². The lowest BCUT2D eigenvalue weighted by atomic mass is 10.1. The van der Waals surface area contributed by atoms with Gasteiger partial charge in [-0.3, -0.25) is 0 Å². The van der Waals surface area contributed by atoms with Crippen molar-refractivity contribution in [3.63, 3.8) is 0 Å². The molecule has 146 valence electrons. The van der Waals surface area contributed by atoms with E-state index < -0.39 is 10.0 Å². The second-order valence-corrected chi connectivity index (χ2v) is 8.05. The van der Waals surface area contributed by atoms with Gasteiger partial charge >= 0.3 is 0 Å². The molecule has 1 aliphatic rings. The van der Waals surface area contributed by atoms with E-state index in [-0.39, 0.29) is 4.90 Å². The molecule has 0 aromatic heterocycles. The topological polar surface area (TPSA) is 83.0 Å². The Labute approximate surface area is 156 Å². The van der Waals surface area contributed by atoms with Gasteiger partial charge in [0.1, 0.15) is 0 Å². The van der Waals surface area contributed by atoms with E-state index in [1.807, 2.05) is 6.92 Å². The standard InChI is InChI=1S/C18H30N4O3S/c1-4-20-18(22-12-10-16(11-13-22)25-5-2)21-14-15-6-8-17(9-7-15)26(23,24)19-3/h6-9,16,19H,4-5,10-14H2,1-3H3,(H,20,21). The first kappa shape index (κ1) is 20.7. The van der Waals surface area contributed by atoms with Crippen molar-refractivity contribution in [1.82, 2.24) is 14.9 Å². The fourth-order valence-electron chi connectivity index (χ4n) is 2.95. The van der Waals surface area contributed by atoms with Crippen LogP contribution in [-0.2, 0) is 21.3 Å². The molecule has 0 bridgehead atoms. The zero-order chi connectivity index (χ0) is 19.0. The lowest BCUT2D eigenvalue weighted by Gasteiger charge is -2.34. The molecule has 0 radical (unpaired) electrons. The van der Waals surface area contributed by atoms with Crippen molar-refractivity contribution < 1.29 is 13.2 Å². The normalized spacial score (nSPS) is 16.7. The molecule has 0 aliphatic carbocycles. The van der Waals surface area contributed by atoms with E-state index in [1.54, 1.807) is 24.3 Å². The Kier molecular flexibility index (Phi) is 7.86. The van der Waals surface area contributed by atoms with Crippen LogP contribution in [0.25, 0.3) is 0 Å². The number of piperidine rings is 1. The summed E-state index contributed by atoms with van der Waals surface area (Å²) >= 11 is 0. The van der Waals surface area contributed by atoms with E-state index in [0.29, 0.717) is 12.6 Å². The first-order valence-corrected chi connectivity index (χ1v) is 10.7. The summed E-state index contributed by atoms with van der Waals surface area (Å²) in [6.45, 7) is 8.02. The van der Waals surface area contributed by atoms with E-state index in [4.69, 9.17) is 9.73 Å². The number of nitrogens with one attached hydrogen (secondary N) is 2. The maximum absolute atomic E-state index is 11.8. The number of likely N-dealkylation sites (tertiary alicyclic amines) is 1. The van der Waals surface area contributed by atoms with Crippen LogP contribution in [0, 0.1) is 0 Å². The fourth-order valence-corrected chi connectivity index (χ4v) is 3.68. The summed E-state index contributed by atoms with van der Waals surface area (Å²) in [5.74, 6) is 0.898. The third-order valence-corrected chi connectivity index (χ3v) is 5.82. The number of nitrogens with zero attached hydrogens (tertiary/aromatic N) is 2. The quantitative estimate of drug-likeness (QED) is 0.552. The molecule has 0 unspecified atom stereocenters. The molecule has 1 saturated heterocycles. The number of sulfonamides is 1. The molecule has 0 atom stereocenters. The molecule has 1 aromatic rings. The average Bonchev–Trinajstić information content (AvgIpc) is 2.66. The molecule has 1 aliphatic heterocycles. The molecule has 2 rings (SSSR count). The van der Waals surface area contributed by atoms with E-state index in [1.165, 1.54) is 7.05 Å². The molecule has 1 fully saturated rings. The van der Waals surface area contributed by atoms with Gasteiger partial charge in [-0.2, -0.15) is 0 Å². The summed E-state index contributed by atoms with van der Waals surface area (Å²) in [6, 6.07) is 6.82. The summed E-state index contributed by atoms with van der Waals surface area (Å²) < 4.78 is 31.6. The van der Waals surface area contributed by atoms with Gasteiger partial charge in [-0.25, -0.2) is 18.1 Å². The first-order chi connectivity index (χ1) is 12.5. The molecule has 26 heavy (non-hydrogen) atoms. The molecule has 0 saturated carbocycles. The maximum Gasteiger partial charge on any atom is 0.240 e. The van der Waals surface area contributed by atoms with Gasteiger partial charge < -0.3 is 15.0 Å². The van der Waals surface area contributed by atoms with Crippen LogP contribution in [0.4, 0.5) is 0 Å². The van der Waals surface area contributed by atoms with E-state index in [2.05, 4.69) is 21.9 Å². The lowest BCUT2D eigenvalue weighted by Crippen LogP contribution is -2.47. The second-order valence-electron chi connectivity index (χ2n) is 6.16. The Bertz CT molecular complexity index is 681. The fraction of sp³-hybridized carbons (Fsp3) is 0.611. The van der Waals surface area contributed by atoms with Crippen LogP contribution in [0.2, 0.25) is 0 Å². The predicted molar refractivity (Wildman–Crippen MR) is 104 cm³/mol. The summed E-state index contributed by atoms with van der Waals surface area (Å²) in [5, 5.41) is 3.34. The third-order valence-electron chi connectivity index (χ3n) is 4.39. The smallest absolute Gasteiger partial charge is 0.240 e. The van der Waals surface area contributed by atoms with Crippen molar-refractivity contribution in [3.8, 4) is 0 Å². The van der Waals surface area contributed by atoms with Crippen molar-refractivity contribution in [2.24, 2.45) is 4.99 Å². The first-order valence-electron chi connectivity index (χ1n) is 9.17. The number of hydrogen-bond donors (Lipinski definition) is 2. The van der Waals surface area contributed by atoms with Crippen molar-refractivity contribution in [2.75, 3.05) is 33.3 Å². The minimum Gasteiger partial charge on any atom is -0.378 e. The van der Waals surface area contributed by atoms with Gasteiger partial charge in [-0.15, -0.1) is 0 Å². The summed E-state index contributed by atoms with van der Waals surface area (Å²) in [7, 11) is -1.99. The number of aliphatic imine (C=N–C) groups is 1. The van der Waals surface area contributed by atoms with Crippen LogP contribution in [-0.4, -0.2) is 58.7 Å². The van der Waals surface area contributed by atoms with Crippen molar-refractivity contribution in [1.29, 1.82) is 0 Å². The Morgan fingerprint density at radius 1 is 1.23 bits per heavy atom. The molecule has 1 aromatic carbocycles. The highest BCUT2D eigenvalue weighted by atomic mass is 32.2. The van der Waals surface area contributed by atoms with E-state index in [0.717, 1.165) is 50.6 Å². The van der Waals surface area contributed by atoms with Gasteiger partial charge in [-0.1, -0.05) is 12.1 Å². The van der Waals surface area contributed by atoms with E-state index >= 15 is 0 Å². The Morgan fingerprint density at radius 2 is 1.88 bits per heavy atom. The van der Waals surface area contributed by atoms with Gasteiger partial charge in [0.15, 0.2) is 5.96 Å². The minimum absolute atomic E-state index is 0.262. The largest absolute Gasteiger partial charge is 0.378 e. The Morgan fingerprint density at radius 3 is 2.42 bits per heavy atom. The molecular formula is C18H30N4O3S. The lowest BCUT2D eigenvalue weighted by molar-refractivity contribution is 0.0263.